The Morgan fingerprint density at radius 3 is 2.62 bits per heavy atom. The molecule has 0 bridgehead atoms. The molecule has 0 aliphatic rings. The first-order valence-electron chi connectivity index (χ1n) is 9.60. The SMILES string of the molecule is CCCCC(CC)CNC(=NCc1nc(C(C)OCC)no1)NCC.I. The zero-order valence-corrected chi connectivity index (χ0v) is 19.2. The summed E-state index contributed by atoms with van der Waals surface area (Å²) in [4.78, 5) is 8.89. The third-order valence-electron chi connectivity index (χ3n) is 4.08. The van der Waals surface area contributed by atoms with Crippen LogP contribution in [0, 0.1) is 5.92 Å². The summed E-state index contributed by atoms with van der Waals surface area (Å²) in [7, 11) is 0. The van der Waals surface area contributed by atoms with E-state index in [0.717, 1.165) is 19.0 Å². The van der Waals surface area contributed by atoms with Crippen molar-refractivity contribution >= 4 is 29.9 Å². The highest BCUT2D eigenvalue weighted by molar-refractivity contribution is 14.0. The third-order valence-corrected chi connectivity index (χ3v) is 4.08. The van der Waals surface area contributed by atoms with Crippen LogP contribution in [0.15, 0.2) is 9.52 Å². The predicted molar refractivity (Wildman–Crippen MR) is 116 cm³/mol. The van der Waals surface area contributed by atoms with Gasteiger partial charge in [-0.3, -0.25) is 0 Å². The van der Waals surface area contributed by atoms with Crippen molar-refractivity contribution in [2.24, 2.45) is 10.9 Å². The lowest BCUT2D eigenvalue weighted by Crippen LogP contribution is -2.39. The number of nitrogens with zero attached hydrogens (tertiary/aromatic N) is 3. The number of unbranched alkanes of at least 4 members (excludes halogenated alkanes) is 1. The van der Waals surface area contributed by atoms with Crippen molar-refractivity contribution in [2.75, 3.05) is 19.7 Å². The number of aromatic nitrogens is 2. The summed E-state index contributed by atoms with van der Waals surface area (Å²) in [6.45, 7) is 13.1. The molecular weight excluding hydrogens is 445 g/mol. The Kier molecular flexibility index (Phi) is 14.7. The monoisotopic (exact) mass is 481 g/mol. The number of halogens is 1. The van der Waals surface area contributed by atoms with Gasteiger partial charge in [0.1, 0.15) is 12.6 Å². The second kappa shape index (κ2) is 15.2. The Bertz CT molecular complexity index is 496. The van der Waals surface area contributed by atoms with Gasteiger partial charge in [0.15, 0.2) is 11.8 Å². The summed E-state index contributed by atoms with van der Waals surface area (Å²) < 4.78 is 10.7. The number of hydrogen-bond donors (Lipinski definition) is 2. The highest BCUT2D eigenvalue weighted by Crippen LogP contribution is 2.13. The first-order valence-corrected chi connectivity index (χ1v) is 9.60. The van der Waals surface area contributed by atoms with Crippen LogP contribution < -0.4 is 10.6 Å². The van der Waals surface area contributed by atoms with Gasteiger partial charge in [0.2, 0.25) is 5.89 Å². The third kappa shape index (κ3) is 9.70. The van der Waals surface area contributed by atoms with Gasteiger partial charge in [0, 0.05) is 19.7 Å². The molecule has 2 N–H and O–H groups in total. The summed E-state index contributed by atoms with van der Waals surface area (Å²) in [5.74, 6) is 2.52. The van der Waals surface area contributed by atoms with Gasteiger partial charge in [-0.25, -0.2) is 4.99 Å². The summed E-state index contributed by atoms with van der Waals surface area (Å²) in [6.07, 6.45) is 4.78. The maximum atomic E-state index is 5.47. The lowest BCUT2D eigenvalue weighted by Gasteiger charge is -2.17. The molecule has 1 heterocycles. The molecule has 8 heteroatoms. The molecule has 0 amide bonds. The number of guanidine groups is 1. The van der Waals surface area contributed by atoms with Crippen LogP contribution in [0.1, 0.15) is 78.1 Å². The molecule has 2 unspecified atom stereocenters. The van der Waals surface area contributed by atoms with E-state index in [1.807, 2.05) is 13.8 Å². The number of rotatable bonds is 12. The fourth-order valence-electron chi connectivity index (χ4n) is 2.49. The molecule has 0 fully saturated rings. The van der Waals surface area contributed by atoms with Crippen LogP contribution in [0.2, 0.25) is 0 Å². The average Bonchev–Trinajstić information content (AvgIpc) is 3.09. The second-order valence-electron chi connectivity index (χ2n) is 6.14. The van der Waals surface area contributed by atoms with Gasteiger partial charge >= 0.3 is 0 Å². The molecular formula is C18H36IN5O2. The lowest BCUT2D eigenvalue weighted by molar-refractivity contribution is 0.0683. The van der Waals surface area contributed by atoms with Crippen molar-refractivity contribution in [3.8, 4) is 0 Å². The molecule has 0 aromatic carbocycles. The number of nitrogens with one attached hydrogen (secondary N) is 2. The van der Waals surface area contributed by atoms with Crippen molar-refractivity contribution in [1.82, 2.24) is 20.8 Å². The number of ether oxygens (including phenoxy) is 1. The minimum absolute atomic E-state index is 0. The Labute approximate surface area is 175 Å². The van der Waals surface area contributed by atoms with E-state index in [1.165, 1.54) is 25.7 Å². The molecule has 1 rings (SSSR count). The smallest absolute Gasteiger partial charge is 0.248 e. The summed E-state index contributed by atoms with van der Waals surface area (Å²) in [5.41, 5.74) is 0. The van der Waals surface area contributed by atoms with E-state index in [0.29, 0.717) is 30.8 Å². The van der Waals surface area contributed by atoms with Gasteiger partial charge in [-0.2, -0.15) is 4.98 Å². The second-order valence-corrected chi connectivity index (χ2v) is 6.14. The molecule has 26 heavy (non-hydrogen) atoms. The van der Waals surface area contributed by atoms with E-state index >= 15 is 0 Å². The zero-order valence-electron chi connectivity index (χ0n) is 16.9. The quantitative estimate of drug-likeness (QED) is 0.266. The molecule has 0 spiro atoms. The van der Waals surface area contributed by atoms with E-state index < -0.39 is 0 Å². The molecule has 0 radical (unpaired) electrons. The Hall–Kier alpha value is -0.900. The van der Waals surface area contributed by atoms with Crippen molar-refractivity contribution in [3.63, 3.8) is 0 Å². The molecule has 0 saturated heterocycles. The summed E-state index contributed by atoms with van der Waals surface area (Å²) in [6, 6.07) is 0. The molecule has 2 atom stereocenters. The first kappa shape index (κ1) is 25.1. The first-order chi connectivity index (χ1) is 12.1. The van der Waals surface area contributed by atoms with Crippen LogP contribution in [-0.2, 0) is 11.3 Å². The molecule has 1 aromatic heterocycles. The highest BCUT2D eigenvalue weighted by atomic mass is 127. The van der Waals surface area contributed by atoms with E-state index in [-0.39, 0.29) is 30.1 Å². The van der Waals surface area contributed by atoms with Crippen LogP contribution in [0.5, 0.6) is 0 Å². The van der Waals surface area contributed by atoms with Crippen LogP contribution >= 0.6 is 24.0 Å². The van der Waals surface area contributed by atoms with Crippen LogP contribution in [0.25, 0.3) is 0 Å². The van der Waals surface area contributed by atoms with Crippen molar-refractivity contribution in [2.45, 2.75) is 73.0 Å². The maximum Gasteiger partial charge on any atom is 0.248 e. The van der Waals surface area contributed by atoms with Gasteiger partial charge in [-0.05, 0) is 33.1 Å². The molecule has 7 nitrogen and oxygen atoms in total. The van der Waals surface area contributed by atoms with Crippen LogP contribution in [0.4, 0.5) is 0 Å². The van der Waals surface area contributed by atoms with Crippen molar-refractivity contribution in [3.05, 3.63) is 11.7 Å². The minimum Gasteiger partial charge on any atom is -0.371 e. The zero-order chi connectivity index (χ0) is 18.5. The fraction of sp³-hybridized carbons (Fsp3) is 0.833. The minimum atomic E-state index is -0.165. The summed E-state index contributed by atoms with van der Waals surface area (Å²) in [5, 5.41) is 10.6. The van der Waals surface area contributed by atoms with E-state index in [4.69, 9.17) is 9.26 Å². The van der Waals surface area contributed by atoms with Gasteiger partial charge in [0.25, 0.3) is 0 Å². The Balaban J connectivity index is 0.00000625. The average molecular weight is 481 g/mol. The maximum absolute atomic E-state index is 5.47. The largest absolute Gasteiger partial charge is 0.371 e. The van der Waals surface area contributed by atoms with Crippen LogP contribution in [0.3, 0.4) is 0 Å². The number of hydrogen-bond acceptors (Lipinski definition) is 5. The van der Waals surface area contributed by atoms with E-state index in [2.05, 4.69) is 46.5 Å². The standard InChI is InChI=1S/C18H35N5O2.HI/c1-6-10-11-15(7-2)12-20-18(19-8-3)21-13-16-22-17(23-25-16)14(5)24-9-4;/h14-15H,6-13H2,1-5H3,(H2,19,20,21);1H. The predicted octanol–water partition coefficient (Wildman–Crippen LogP) is 4.06. The van der Waals surface area contributed by atoms with Gasteiger partial charge in [0.05, 0.1) is 0 Å². The van der Waals surface area contributed by atoms with Crippen LogP contribution in [-0.4, -0.2) is 35.8 Å². The normalized spacial score (nSPS) is 13.8. The van der Waals surface area contributed by atoms with E-state index in [9.17, 15) is 0 Å². The van der Waals surface area contributed by atoms with Gasteiger partial charge in [-0.1, -0.05) is 38.3 Å². The topological polar surface area (TPSA) is 84.6 Å². The number of aliphatic imine (C=N–C) groups is 1. The Morgan fingerprint density at radius 2 is 2.00 bits per heavy atom. The fourth-order valence-corrected chi connectivity index (χ4v) is 2.49. The lowest BCUT2D eigenvalue weighted by atomic mass is 9.99. The Morgan fingerprint density at radius 1 is 1.23 bits per heavy atom. The molecule has 152 valence electrons. The highest BCUT2D eigenvalue weighted by Gasteiger charge is 2.13. The molecule has 1 aromatic rings. The van der Waals surface area contributed by atoms with Gasteiger partial charge < -0.3 is 19.9 Å². The van der Waals surface area contributed by atoms with Crippen molar-refractivity contribution < 1.29 is 9.26 Å². The molecule has 0 saturated carbocycles. The molecule has 0 aliphatic heterocycles. The van der Waals surface area contributed by atoms with Gasteiger partial charge in [-0.15, -0.1) is 24.0 Å². The summed E-state index contributed by atoms with van der Waals surface area (Å²) >= 11 is 0. The van der Waals surface area contributed by atoms with E-state index in [1.54, 1.807) is 0 Å². The molecule has 0 aliphatic carbocycles. The van der Waals surface area contributed by atoms with Crippen molar-refractivity contribution in [1.29, 1.82) is 0 Å².